The van der Waals surface area contributed by atoms with Gasteiger partial charge in [-0.25, -0.2) is 4.98 Å². The number of hydrogen-bond donors (Lipinski definition) is 0. The first-order valence-electron chi connectivity index (χ1n) is 10.5. The van der Waals surface area contributed by atoms with Crippen molar-refractivity contribution in [1.29, 1.82) is 0 Å². The molecular weight excluding hydrogens is 384 g/mol. The highest BCUT2D eigenvalue weighted by molar-refractivity contribution is 5.84. The lowest BCUT2D eigenvalue weighted by molar-refractivity contribution is 0.637. The van der Waals surface area contributed by atoms with Gasteiger partial charge in [-0.05, 0) is 54.8 Å². The van der Waals surface area contributed by atoms with Gasteiger partial charge in [-0.2, -0.15) is 0 Å². The summed E-state index contributed by atoms with van der Waals surface area (Å²) in [7, 11) is 0. The van der Waals surface area contributed by atoms with Crippen LogP contribution in [0.4, 0.5) is 0 Å². The highest BCUT2D eigenvalue weighted by Crippen LogP contribution is 2.31. The Morgan fingerprint density at radius 2 is 1.77 bits per heavy atom. The van der Waals surface area contributed by atoms with E-state index in [1.165, 1.54) is 5.56 Å². The Bertz CT molecular complexity index is 1470. The van der Waals surface area contributed by atoms with Crippen molar-refractivity contribution in [3.63, 3.8) is 0 Å². The Morgan fingerprint density at radius 3 is 2.61 bits per heavy atom. The third-order valence-electron chi connectivity index (χ3n) is 5.93. The number of para-hydroxylation sites is 2. The molecule has 5 nitrogen and oxygen atoms in total. The maximum Gasteiger partial charge on any atom is 0.266 e. The zero-order chi connectivity index (χ0) is 20.8. The zero-order valence-corrected chi connectivity index (χ0v) is 16.9. The van der Waals surface area contributed by atoms with Crippen LogP contribution >= 0.6 is 0 Å². The van der Waals surface area contributed by atoms with Crippen molar-refractivity contribution in [2.24, 2.45) is 0 Å². The predicted octanol–water partition coefficient (Wildman–Crippen LogP) is 4.86. The summed E-state index contributed by atoms with van der Waals surface area (Å²) in [5.41, 5.74) is 6.44. The van der Waals surface area contributed by atoms with Gasteiger partial charge in [-0.15, -0.1) is 0 Å². The Hall–Kier alpha value is -3.99. The van der Waals surface area contributed by atoms with Crippen LogP contribution in [-0.2, 0) is 13.0 Å². The Balaban J connectivity index is 1.67. The minimum atomic E-state index is -0.0791. The number of aryl methyl sites for hydroxylation is 2. The molecule has 0 aliphatic carbocycles. The predicted molar refractivity (Wildman–Crippen MR) is 122 cm³/mol. The van der Waals surface area contributed by atoms with Crippen LogP contribution < -0.4 is 5.56 Å². The number of aromatic nitrogens is 4. The second-order valence-electron chi connectivity index (χ2n) is 7.84. The van der Waals surface area contributed by atoms with E-state index in [9.17, 15) is 4.79 Å². The van der Waals surface area contributed by atoms with Gasteiger partial charge in [-0.3, -0.25) is 14.3 Å². The molecule has 0 saturated carbocycles. The van der Waals surface area contributed by atoms with Crippen molar-refractivity contribution in [1.82, 2.24) is 19.1 Å². The first kappa shape index (κ1) is 17.8. The van der Waals surface area contributed by atoms with Crippen LogP contribution in [0, 0.1) is 0 Å². The van der Waals surface area contributed by atoms with Crippen LogP contribution in [0.25, 0.3) is 39.4 Å². The van der Waals surface area contributed by atoms with Crippen LogP contribution in [0.15, 0.2) is 90.0 Å². The fraction of sp³-hybridized carbons (Fsp3) is 0.115. The van der Waals surface area contributed by atoms with Gasteiger partial charge in [0.15, 0.2) is 0 Å². The summed E-state index contributed by atoms with van der Waals surface area (Å²) in [5, 5.41) is 0. The van der Waals surface area contributed by atoms with Crippen molar-refractivity contribution in [3.05, 3.63) is 101 Å². The fourth-order valence-electron chi connectivity index (χ4n) is 4.51. The Kier molecular flexibility index (Phi) is 4.06. The van der Waals surface area contributed by atoms with Gasteiger partial charge in [0.25, 0.3) is 5.56 Å². The molecule has 4 heterocycles. The molecule has 1 aliphatic rings. The van der Waals surface area contributed by atoms with Crippen molar-refractivity contribution in [2.75, 3.05) is 0 Å². The normalized spacial score (nSPS) is 12.9. The van der Waals surface area contributed by atoms with E-state index in [1.54, 1.807) is 10.8 Å². The molecule has 2 aromatic carbocycles. The number of hydrogen-bond acceptors (Lipinski definition) is 3. The lowest BCUT2D eigenvalue weighted by Gasteiger charge is -2.17. The molecule has 0 amide bonds. The largest absolute Gasteiger partial charge is 0.324 e. The van der Waals surface area contributed by atoms with E-state index in [0.717, 1.165) is 53.2 Å². The summed E-state index contributed by atoms with van der Waals surface area (Å²) in [4.78, 5) is 23.1. The molecule has 0 unspecified atom stereocenters. The van der Waals surface area contributed by atoms with E-state index in [2.05, 4.69) is 21.7 Å². The third-order valence-corrected chi connectivity index (χ3v) is 5.93. The van der Waals surface area contributed by atoms with E-state index in [1.807, 2.05) is 66.9 Å². The molecule has 0 atom stereocenters. The quantitative estimate of drug-likeness (QED) is 0.431. The van der Waals surface area contributed by atoms with Crippen LogP contribution in [0.5, 0.6) is 0 Å². The summed E-state index contributed by atoms with van der Waals surface area (Å²) in [6.45, 7) is 0.863. The van der Waals surface area contributed by atoms with Gasteiger partial charge in [0, 0.05) is 30.2 Å². The van der Waals surface area contributed by atoms with E-state index in [4.69, 9.17) is 4.98 Å². The second kappa shape index (κ2) is 7.06. The number of rotatable bonds is 3. The van der Waals surface area contributed by atoms with Gasteiger partial charge in [0.2, 0.25) is 0 Å². The summed E-state index contributed by atoms with van der Waals surface area (Å²) < 4.78 is 3.91. The third kappa shape index (κ3) is 2.89. The number of nitrogens with zero attached hydrogens (tertiary/aromatic N) is 4. The molecule has 0 fully saturated rings. The van der Waals surface area contributed by atoms with Gasteiger partial charge in [0.1, 0.15) is 5.82 Å². The van der Waals surface area contributed by atoms with Crippen molar-refractivity contribution in [2.45, 2.75) is 19.4 Å². The topological polar surface area (TPSA) is 52.7 Å². The molecule has 31 heavy (non-hydrogen) atoms. The van der Waals surface area contributed by atoms with Crippen LogP contribution in [-0.4, -0.2) is 19.1 Å². The van der Waals surface area contributed by atoms with E-state index in [-0.39, 0.29) is 5.56 Å². The molecule has 150 valence electrons. The summed E-state index contributed by atoms with van der Waals surface area (Å²) in [5.74, 6) is 0.731. The molecule has 3 aromatic heterocycles. The highest BCUT2D eigenvalue weighted by atomic mass is 16.1. The monoisotopic (exact) mass is 404 g/mol. The van der Waals surface area contributed by atoms with Crippen LogP contribution in [0.2, 0.25) is 0 Å². The van der Waals surface area contributed by atoms with Gasteiger partial charge < -0.3 is 4.57 Å². The minimum Gasteiger partial charge on any atom is -0.324 e. The smallest absolute Gasteiger partial charge is 0.266 e. The molecule has 0 bridgehead atoms. The van der Waals surface area contributed by atoms with Crippen molar-refractivity contribution < 1.29 is 0 Å². The Morgan fingerprint density at radius 1 is 0.903 bits per heavy atom. The Labute approximate surface area is 179 Å². The second-order valence-corrected chi connectivity index (χ2v) is 7.84. The molecule has 5 heteroatoms. The van der Waals surface area contributed by atoms with Crippen molar-refractivity contribution in [3.8, 4) is 28.3 Å². The molecular formula is C26H20N4O. The van der Waals surface area contributed by atoms with Gasteiger partial charge in [0.05, 0.1) is 22.3 Å². The minimum absolute atomic E-state index is 0.0791. The first-order valence-corrected chi connectivity index (χ1v) is 10.5. The maximum absolute atomic E-state index is 13.7. The fourth-order valence-corrected chi connectivity index (χ4v) is 4.51. The first-order chi connectivity index (χ1) is 15.3. The van der Waals surface area contributed by atoms with E-state index >= 15 is 0 Å². The molecule has 6 rings (SSSR count). The van der Waals surface area contributed by atoms with E-state index < -0.39 is 0 Å². The molecule has 5 aromatic rings. The highest BCUT2D eigenvalue weighted by Gasteiger charge is 2.22. The summed E-state index contributed by atoms with van der Waals surface area (Å²) in [6.07, 6.45) is 5.73. The maximum atomic E-state index is 13.7. The standard InChI is InChI=1S/C26H20N4O/c31-26-21(25-28-23-13-6-8-18-9-7-15-29(25)24(18)23)16-19(22-12-4-5-14-27-22)17-30(26)20-10-2-1-3-11-20/h1-6,8,10-14,16-17H,7,9,15H2. The lowest BCUT2D eigenvalue weighted by Crippen LogP contribution is -2.22. The summed E-state index contributed by atoms with van der Waals surface area (Å²) >= 11 is 0. The molecule has 1 aliphatic heterocycles. The molecule has 0 radical (unpaired) electrons. The average molecular weight is 404 g/mol. The van der Waals surface area contributed by atoms with Gasteiger partial charge >= 0.3 is 0 Å². The van der Waals surface area contributed by atoms with Gasteiger partial charge in [-0.1, -0.05) is 36.4 Å². The number of imidazole rings is 1. The molecule has 0 saturated heterocycles. The lowest BCUT2D eigenvalue weighted by atomic mass is 10.0. The van der Waals surface area contributed by atoms with Crippen molar-refractivity contribution >= 4 is 11.0 Å². The average Bonchev–Trinajstić information content (AvgIpc) is 3.21. The van der Waals surface area contributed by atoms with Crippen LogP contribution in [0.3, 0.4) is 0 Å². The zero-order valence-electron chi connectivity index (χ0n) is 16.9. The van der Waals surface area contributed by atoms with Crippen LogP contribution in [0.1, 0.15) is 12.0 Å². The number of pyridine rings is 2. The summed E-state index contributed by atoms with van der Waals surface area (Å²) in [6, 6.07) is 23.7. The molecule has 0 spiro atoms. The van der Waals surface area contributed by atoms with E-state index in [0.29, 0.717) is 5.56 Å². The SMILES string of the molecule is O=c1c(-c2nc3cccc4c3n2CCC4)cc(-c2ccccn2)cn1-c1ccccc1. The number of benzene rings is 2. The molecule has 0 N–H and O–H groups in total.